The highest BCUT2D eigenvalue weighted by Crippen LogP contribution is 2.30. The number of rotatable bonds is 3. The average molecular weight is 282 g/mol. The molecule has 2 aliphatic rings. The predicted molar refractivity (Wildman–Crippen MR) is 76.4 cm³/mol. The summed E-state index contributed by atoms with van der Waals surface area (Å²) in [7, 11) is 0. The standard InChI is InChI=1S/C15H26N2O3/c1-10-5-3-7-12(10)9-16-15(20)17-8-4-6-11(2)13(17)14(18)19/h10-13H,3-9H2,1-2H3,(H,16,20)(H,18,19). The number of hydrogen-bond donors (Lipinski definition) is 2. The van der Waals surface area contributed by atoms with E-state index < -0.39 is 12.0 Å². The van der Waals surface area contributed by atoms with E-state index in [2.05, 4.69) is 12.2 Å². The predicted octanol–water partition coefficient (Wildman–Crippen LogP) is 2.32. The van der Waals surface area contributed by atoms with E-state index in [1.807, 2.05) is 6.92 Å². The maximum absolute atomic E-state index is 12.3. The first-order valence-electron chi connectivity index (χ1n) is 7.78. The fourth-order valence-corrected chi connectivity index (χ4v) is 3.64. The first kappa shape index (κ1) is 15.1. The lowest BCUT2D eigenvalue weighted by Gasteiger charge is -2.37. The van der Waals surface area contributed by atoms with Gasteiger partial charge in [0, 0.05) is 13.1 Å². The molecule has 2 N–H and O–H groups in total. The minimum atomic E-state index is -0.887. The van der Waals surface area contributed by atoms with Gasteiger partial charge < -0.3 is 15.3 Å². The molecule has 2 fully saturated rings. The van der Waals surface area contributed by atoms with Gasteiger partial charge in [0.15, 0.2) is 0 Å². The van der Waals surface area contributed by atoms with Crippen molar-refractivity contribution in [3.63, 3.8) is 0 Å². The number of carboxylic acid groups (broad SMARTS) is 1. The van der Waals surface area contributed by atoms with Crippen LogP contribution in [0.25, 0.3) is 0 Å². The van der Waals surface area contributed by atoms with Crippen LogP contribution in [0.3, 0.4) is 0 Å². The van der Waals surface area contributed by atoms with Crippen LogP contribution in [0, 0.1) is 17.8 Å². The van der Waals surface area contributed by atoms with Crippen LogP contribution >= 0.6 is 0 Å². The number of nitrogens with zero attached hydrogens (tertiary/aromatic N) is 1. The number of piperidine rings is 1. The van der Waals surface area contributed by atoms with Crippen LogP contribution in [0.4, 0.5) is 4.79 Å². The second-order valence-electron chi connectivity index (χ2n) is 6.45. The second-order valence-corrected chi connectivity index (χ2v) is 6.45. The number of likely N-dealkylation sites (tertiary alicyclic amines) is 1. The fraction of sp³-hybridized carbons (Fsp3) is 0.867. The van der Waals surface area contributed by atoms with Crippen molar-refractivity contribution in [1.82, 2.24) is 10.2 Å². The Bertz CT molecular complexity index is 372. The molecule has 1 saturated heterocycles. The Morgan fingerprint density at radius 3 is 2.45 bits per heavy atom. The van der Waals surface area contributed by atoms with Gasteiger partial charge in [0.05, 0.1) is 0 Å². The number of carbonyl (C=O) groups is 2. The van der Waals surface area contributed by atoms with E-state index in [-0.39, 0.29) is 11.9 Å². The molecule has 2 amide bonds. The van der Waals surface area contributed by atoms with Gasteiger partial charge in [0.25, 0.3) is 0 Å². The minimum absolute atomic E-state index is 0.0254. The lowest BCUT2D eigenvalue weighted by Crippen LogP contribution is -2.55. The van der Waals surface area contributed by atoms with Crippen LogP contribution in [0.1, 0.15) is 46.0 Å². The molecular weight excluding hydrogens is 256 g/mol. The molecule has 1 heterocycles. The highest BCUT2D eigenvalue weighted by Gasteiger charge is 2.37. The van der Waals surface area contributed by atoms with Crippen molar-refractivity contribution in [2.45, 2.75) is 52.0 Å². The van der Waals surface area contributed by atoms with Crippen molar-refractivity contribution in [2.75, 3.05) is 13.1 Å². The molecule has 5 nitrogen and oxygen atoms in total. The van der Waals surface area contributed by atoms with Gasteiger partial charge in [-0.15, -0.1) is 0 Å². The maximum Gasteiger partial charge on any atom is 0.326 e. The normalized spacial score (nSPS) is 34.0. The number of carbonyl (C=O) groups excluding carboxylic acids is 1. The van der Waals surface area contributed by atoms with Crippen molar-refractivity contribution in [3.8, 4) is 0 Å². The molecule has 0 radical (unpaired) electrons. The van der Waals surface area contributed by atoms with E-state index in [9.17, 15) is 14.7 Å². The van der Waals surface area contributed by atoms with Crippen molar-refractivity contribution in [3.05, 3.63) is 0 Å². The summed E-state index contributed by atoms with van der Waals surface area (Å²) in [6.07, 6.45) is 5.40. The number of urea groups is 1. The summed E-state index contributed by atoms with van der Waals surface area (Å²) in [6, 6.07) is -0.882. The summed E-state index contributed by atoms with van der Waals surface area (Å²) in [5, 5.41) is 12.3. The van der Waals surface area contributed by atoms with Crippen LogP contribution in [-0.4, -0.2) is 41.1 Å². The van der Waals surface area contributed by atoms with Crippen LogP contribution in [0.15, 0.2) is 0 Å². The Morgan fingerprint density at radius 1 is 1.15 bits per heavy atom. The third-order valence-electron chi connectivity index (χ3n) is 5.00. The van der Waals surface area contributed by atoms with Crippen molar-refractivity contribution in [1.29, 1.82) is 0 Å². The lowest BCUT2D eigenvalue weighted by molar-refractivity contribution is -0.145. The zero-order valence-electron chi connectivity index (χ0n) is 12.5. The molecular formula is C15H26N2O3. The van der Waals surface area contributed by atoms with Crippen LogP contribution < -0.4 is 5.32 Å². The summed E-state index contributed by atoms with van der Waals surface area (Å²) < 4.78 is 0. The summed E-state index contributed by atoms with van der Waals surface area (Å²) in [5.41, 5.74) is 0. The van der Waals surface area contributed by atoms with Crippen molar-refractivity contribution < 1.29 is 14.7 Å². The van der Waals surface area contributed by atoms with Gasteiger partial charge in [-0.3, -0.25) is 0 Å². The van der Waals surface area contributed by atoms with Crippen molar-refractivity contribution in [2.24, 2.45) is 17.8 Å². The monoisotopic (exact) mass is 282 g/mol. The Morgan fingerprint density at radius 2 is 1.85 bits per heavy atom. The first-order valence-corrected chi connectivity index (χ1v) is 7.78. The molecule has 20 heavy (non-hydrogen) atoms. The summed E-state index contributed by atoms with van der Waals surface area (Å²) in [5.74, 6) is 0.342. The van der Waals surface area contributed by atoms with Gasteiger partial charge in [-0.2, -0.15) is 0 Å². The molecule has 0 aromatic rings. The van der Waals surface area contributed by atoms with Crippen LogP contribution in [0.2, 0.25) is 0 Å². The van der Waals surface area contributed by atoms with Gasteiger partial charge in [-0.1, -0.05) is 26.7 Å². The third-order valence-corrected chi connectivity index (χ3v) is 5.00. The highest BCUT2D eigenvalue weighted by molar-refractivity contribution is 5.83. The highest BCUT2D eigenvalue weighted by atomic mass is 16.4. The molecule has 5 heteroatoms. The molecule has 4 unspecified atom stereocenters. The maximum atomic E-state index is 12.3. The van der Waals surface area contributed by atoms with E-state index in [4.69, 9.17) is 0 Å². The molecule has 0 aromatic heterocycles. The number of nitrogens with one attached hydrogen (secondary N) is 1. The van der Waals surface area contributed by atoms with Gasteiger partial charge in [-0.05, 0) is 37.0 Å². The SMILES string of the molecule is CC1CCCC1CNC(=O)N1CCCC(C)C1C(=O)O. The van der Waals surface area contributed by atoms with E-state index >= 15 is 0 Å². The number of hydrogen-bond acceptors (Lipinski definition) is 2. The van der Waals surface area contributed by atoms with E-state index in [1.54, 1.807) is 0 Å². The summed E-state index contributed by atoms with van der Waals surface area (Å²) in [6.45, 7) is 5.37. The van der Waals surface area contributed by atoms with E-state index in [1.165, 1.54) is 24.2 Å². The van der Waals surface area contributed by atoms with Crippen LogP contribution in [-0.2, 0) is 4.79 Å². The number of amides is 2. The van der Waals surface area contributed by atoms with Crippen molar-refractivity contribution >= 4 is 12.0 Å². The zero-order valence-corrected chi connectivity index (χ0v) is 12.5. The smallest absolute Gasteiger partial charge is 0.326 e. The number of aliphatic carboxylic acids is 1. The Labute approximate surface area is 120 Å². The second kappa shape index (κ2) is 6.46. The average Bonchev–Trinajstić information content (AvgIpc) is 2.80. The molecule has 114 valence electrons. The Hall–Kier alpha value is -1.26. The summed E-state index contributed by atoms with van der Waals surface area (Å²) >= 11 is 0. The lowest BCUT2D eigenvalue weighted by atomic mass is 9.91. The number of carboxylic acids is 1. The van der Waals surface area contributed by atoms with Gasteiger partial charge in [0.2, 0.25) is 0 Å². The van der Waals surface area contributed by atoms with Gasteiger partial charge in [0.1, 0.15) is 6.04 Å². The molecule has 0 aromatic carbocycles. The van der Waals surface area contributed by atoms with Crippen LogP contribution in [0.5, 0.6) is 0 Å². The Balaban J connectivity index is 1.91. The van der Waals surface area contributed by atoms with Gasteiger partial charge >= 0.3 is 12.0 Å². The molecule has 2 rings (SSSR count). The molecule has 1 saturated carbocycles. The molecule has 0 bridgehead atoms. The first-order chi connectivity index (χ1) is 9.50. The third kappa shape index (κ3) is 3.25. The molecule has 1 aliphatic heterocycles. The van der Waals surface area contributed by atoms with E-state index in [0.717, 1.165) is 12.8 Å². The molecule has 4 atom stereocenters. The van der Waals surface area contributed by atoms with E-state index in [0.29, 0.717) is 24.9 Å². The molecule has 1 aliphatic carbocycles. The Kier molecular flexibility index (Phi) is 4.89. The van der Waals surface area contributed by atoms with Gasteiger partial charge in [-0.25, -0.2) is 9.59 Å². The molecule has 0 spiro atoms. The largest absolute Gasteiger partial charge is 0.480 e. The quantitative estimate of drug-likeness (QED) is 0.834. The zero-order chi connectivity index (χ0) is 14.7. The topological polar surface area (TPSA) is 69.6 Å². The summed E-state index contributed by atoms with van der Waals surface area (Å²) in [4.78, 5) is 25.2. The fourth-order valence-electron chi connectivity index (χ4n) is 3.64. The minimum Gasteiger partial charge on any atom is -0.480 e.